The second-order valence-corrected chi connectivity index (χ2v) is 7.54. The fourth-order valence-electron chi connectivity index (χ4n) is 5.52. The Balaban J connectivity index is 1.39. The Labute approximate surface area is 115 Å². The molecule has 104 valence electrons. The van der Waals surface area contributed by atoms with Gasteiger partial charge < -0.3 is 5.32 Å². The zero-order chi connectivity index (χ0) is 12.9. The van der Waals surface area contributed by atoms with Crippen LogP contribution in [0.2, 0.25) is 0 Å². The Kier molecular flexibility index (Phi) is 2.73. The normalized spacial score (nSPS) is 39.9. The van der Waals surface area contributed by atoms with Crippen LogP contribution >= 0.6 is 0 Å². The first kappa shape index (κ1) is 12.0. The highest BCUT2D eigenvalue weighted by Gasteiger charge is 2.50. The van der Waals surface area contributed by atoms with Crippen LogP contribution in [0.3, 0.4) is 0 Å². The van der Waals surface area contributed by atoms with Crippen molar-refractivity contribution in [1.29, 1.82) is 0 Å². The summed E-state index contributed by atoms with van der Waals surface area (Å²) in [5.41, 5.74) is 3.18. The molecule has 0 spiro atoms. The first-order chi connectivity index (χ1) is 9.22. The third-order valence-corrected chi connectivity index (χ3v) is 5.91. The topological polar surface area (TPSA) is 40.7 Å². The molecule has 0 atom stereocenters. The minimum Gasteiger partial charge on any atom is -0.312 e. The van der Waals surface area contributed by atoms with Gasteiger partial charge in [-0.15, -0.1) is 0 Å². The number of aromatic amines is 1. The molecule has 0 amide bonds. The van der Waals surface area contributed by atoms with E-state index in [2.05, 4.69) is 22.4 Å². The van der Waals surface area contributed by atoms with Crippen molar-refractivity contribution in [2.45, 2.75) is 52.0 Å². The van der Waals surface area contributed by atoms with Gasteiger partial charge in [-0.2, -0.15) is 5.10 Å². The molecule has 1 aromatic heterocycles. The summed E-state index contributed by atoms with van der Waals surface area (Å²) in [5, 5.41) is 10.9. The van der Waals surface area contributed by atoms with E-state index in [9.17, 15) is 0 Å². The molecule has 4 saturated carbocycles. The lowest BCUT2D eigenvalue weighted by Crippen LogP contribution is -2.50. The van der Waals surface area contributed by atoms with Gasteiger partial charge in [0.05, 0.1) is 6.20 Å². The number of H-pyrrole nitrogens is 1. The molecule has 4 aliphatic carbocycles. The van der Waals surface area contributed by atoms with Crippen molar-refractivity contribution in [2.75, 3.05) is 6.54 Å². The van der Waals surface area contributed by atoms with Gasteiger partial charge in [0.15, 0.2) is 0 Å². The first-order valence-corrected chi connectivity index (χ1v) is 7.92. The minimum atomic E-state index is 0.645. The third kappa shape index (κ3) is 2.12. The predicted octanol–water partition coefficient (Wildman–Crippen LogP) is 3.02. The number of aromatic nitrogens is 2. The van der Waals surface area contributed by atoms with E-state index in [1.54, 1.807) is 19.3 Å². The Bertz CT molecular complexity index is 427. The lowest BCUT2D eigenvalue weighted by Gasteiger charge is -2.57. The van der Waals surface area contributed by atoms with Crippen molar-refractivity contribution in [3.8, 4) is 0 Å². The lowest BCUT2D eigenvalue weighted by molar-refractivity contribution is -0.0514. The van der Waals surface area contributed by atoms with E-state index in [1.165, 1.54) is 37.1 Å². The van der Waals surface area contributed by atoms with E-state index < -0.39 is 0 Å². The van der Waals surface area contributed by atoms with Crippen LogP contribution in [0, 0.1) is 30.1 Å². The molecule has 0 saturated heterocycles. The van der Waals surface area contributed by atoms with Gasteiger partial charge in [-0.3, -0.25) is 5.10 Å². The molecule has 0 radical (unpaired) electrons. The summed E-state index contributed by atoms with van der Waals surface area (Å²) in [4.78, 5) is 0. The van der Waals surface area contributed by atoms with Crippen LogP contribution in [0.25, 0.3) is 0 Å². The number of hydrogen-bond acceptors (Lipinski definition) is 2. The molecular weight excluding hydrogens is 234 g/mol. The highest BCUT2D eigenvalue weighted by atomic mass is 15.1. The smallest absolute Gasteiger partial charge is 0.0535 e. The van der Waals surface area contributed by atoms with Crippen LogP contribution in [-0.2, 0) is 6.54 Å². The van der Waals surface area contributed by atoms with Crippen LogP contribution in [0.1, 0.15) is 49.8 Å². The summed E-state index contributed by atoms with van der Waals surface area (Å²) in [7, 11) is 0. The van der Waals surface area contributed by atoms with Crippen molar-refractivity contribution < 1.29 is 0 Å². The van der Waals surface area contributed by atoms with Crippen molar-refractivity contribution in [2.24, 2.45) is 23.2 Å². The Morgan fingerprint density at radius 3 is 2.37 bits per heavy atom. The first-order valence-electron chi connectivity index (χ1n) is 7.92. The van der Waals surface area contributed by atoms with Gasteiger partial charge in [0, 0.05) is 24.3 Å². The number of nitrogens with one attached hydrogen (secondary N) is 2. The third-order valence-electron chi connectivity index (χ3n) is 5.91. The molecule has 4 bridgehead atoms. The largest absolute Gasteiger partial charge is 0.312 e. The maximum atomic E-state index is 4.10. The molecule has 0 aromatic carbocycles. The fraction of sp³-hybridized carbons (Fsp3) is 0.812. The van der Waals surface area contributed by atoms with Crippen LogP contribution in [0.4, 0.5) is 0 Å². The lowest BCUT2D eigenvalue weighted by atomic mass is 9.49. The minimum absolute atomic E-state index is 0.645. The Morgan fingerprint density at radius 1 is 1.21 bits per heavy atom. The summed E-state index contributed by atoms with van der Waals surface area (Å²) < 4.78 is 0. The molecule has 4 fully saturated rings. The fourth-order valence-corrected chi connectivity index (χ4v) is 5.52. The highest BCUT2D eigenvalue weighted by Crippen LogP contribution is 2.59. The van der Waals surface area contributed by atoms with Gasteiger partial charge in [0.1, 0.15) is 0 Å². The average Bonchev–Trinajstić information content (AvgIpc) is 2.73. The van der Waals surface area contributed by atoms with Crippen molar-refractivity contribution >= 4 is 0 Å². The average molecular weight is 259 g/mol. The van der Waals surface area contributed by atoms with Gasteiger partial charge in [-0.05, 0) is 68.6 Å². The van der Waals surface area contributed by atoms with Crippen molar-refractivity contribution in [3.05, 3.63) is 17.5 Å². The van der Waals surface area contributed by atoms with E-state index >= 15 is 0 Å². The maximum absolute atomic E-state index is 4.10. The molecule has 3 nitrogen and oxygen atoms in total. The predicted molar refractivity (Wildman–Crippen MR) is 75.6 cm³/mol. The summed E-state index contributed by atoms with van der Waals surface area (Å²) in [6.07, 6.45) is 11.1. The molecule has 0 aliphatic heterocycles. The standard InChI is InChI=1S/C16H25N3/c1-11-15(9-18-19-11)8-17-10-16-5-12-2-13(6-16)4-14(3-12)7-16/h9,12-14,17H,2-8,10H2,1H3,(H,18,19). The molecule has 4 aliphatic rings. The van der Waals surface area contributed by atoms with Crippen LogP contribution in [-0.4, -0.2) is 16.7 Å². The monoisotopic (exact) mass is 259 g/mol. The molecule has 2 N–H and O–H groups in total. The van der Waals surface area contributed by atoms with E-state index in [-0.39, 0.29) is 0 Å². The summed E-state index contributed by atoms with van der Waals surface area (Å²) in [5.74, 6) is 3.18. The quantitative estimate of drug-likeness (QED) is 0.872. The molecule has 19 heavy (non-hydrogen) atoms. The zero-order valence-electron chi connectivity index (χ0n) is 11.9. The molecule has 3 heteroatoms. The Morgan fingerprint density at radius 2 is 1.84 bits per heavy atom. The maximum Gasteiger partial charge on any atom is 0.0535 e. The van der Waals surface area contributed by atoms with Crippen molar-refractivity contribution in [1.82, 2.24) is 15.5 Å². The molecule has 1 aromatic rings. The number of rotatable bonds is 4. The molecule has 5 rings (SSSR count). The SMILES string of the molecule is Cc1[nH]ncc1CNCC12CC3CC(CC(C3)C1)C2. The van der Waals surface area contributed by atoms with Crippen LogP contribution in [0.15, 0.2) is 6.20 Å². The van der Waals surface area contributed by atoms with Gasteiger partial charge in [-0.1, -0.05) is 0 Å². The van der Waals surface area contributed by atoms with Gasteiger partial charge in [-0.25, -0.2) is 0 Å². The van der Waals surface area contributed by atoms with Gasteiger partial charge in [0.25, 0.3) is 0 Å². The second kappa shape index (κ2) is 4.34. The summed E-state index contributed by atoms with van der Waals surface area (Å²) in [6, 6.07) is 0. The number of nitrogens with zero attached hydrogens (tertiary/aromatic N) is 1. The van der Waals surface area contributed by atoms with E-state index in [0.717, 1.165) is 24.3 Å². The van der Waals surface area contributed by atoms with E-state index in [4.69, 9.17) is 0 Å². The highest BCUT2D eigenvalue weighted by molar-refractivity contribution is 5.14. The number of aryl methyl sites for hydroxylation is 1. The van der Waals surface area contributed by atoms with Gasteiger partial charge in [0.2, 0.25) is 0 Å². The summed E-state index contributed by atoms with van der Waals surface area (Å²) >= 11 is 0. The number of hydrogen-bond donors (Lipinski definition) is 2. The second-order valence-electron chi connectivity index (χ2n) is 7.54. The van der Waals surface area contributed by atoms with E-state index in [1.807, 2.05) is 6.20 Å². The van der Waals surface area contributed by atoms with Crippen LogP contribution in [0.5, 0.6) is 0 Å². The van der Waals surface area contributed by atoms with Crippen molar-refractivity contribution in [3.63, 3.8) is 0 Å². The summed E-state index contributed by atoms with van der Waals surface area (Å²) in [6.45, 7) is 4.31. The molecule has 0 unspecified atom stereocenters. The zero-order valence-corrected chi connectivity index (χ0v) is 11.9. The van der Waals surface area contributed by atoms with Crippen LogP contribution < -0.4 is 5.32 Å². The molecule has 1 heterocycles. The Hall–Kier alpha value is -0.830. The molecular formula is C16H25N3. The van der Waals surface area contributed by atoms with Gasteiger partial charge >= 0.3 is 0 Å². The van der Waals surface area contributed by atoms with E-state index in [0.29, 0.717) is 5.41 Å².